The molecular formula is C9H22ClN3O2S. The fraction of sp³-hybridized carbons (Fsp3) is 1.00. The molecule has 1 heterocycles. The van der Waals surface area contributed by atoms with Gasteiger partial charge in [0.15, 0.2) is 0 Å². The van der Waals surface area contributed by atoms with Gasteiger partial charge < -0.3 is 5.32 Å². The second-order valence-corrected chi connectivity index (χ2v) is 6.09. The van der Waals surface area contributed by atoms with E-state index in [0.29, 0.717) is 6.54 Å². The van der Waals surface area contributed by atoms with E-state index in [1.54, 1.807) is 14.1 Å². The lowest BCUT2D eigenvalue weighted by Gasteiger charge is -2.28. The highest BCUT2D eigenvalue weighted by atomic mass is 35.5. The molecule has 1 unspecified atom stereocenters. The van der Waals surface area contributed by atoms with Gasteiger partial charge in [0.25, 0.3) is 10.2 Å². The SMILES string of the molecule is CCCN(C)S(=O)(=O)N(C)C1CCNC1.Cl. The second kappa shape index (κ2) is 6.76. The molecule has 7 heteroatoms. The van der Waals surface area contributed by atoms with E-state index in [9.17, 15) is 8.42 Å². The molecule has 0 amide bonds. The lowest BCUT2D eigenvalue weighted by atomic mass is 10.3. The van der Waals surface area contributed by atoms with E-state index in [1.807, 2.05) is 6.92 Å². The summed E-state index contributed by atoms with van der Waals surface area (Å²) in [6.07, 6.45) is 1.74. The van der Waals surface area contributed by atoms with E-state index >= 15 is 0 Å². The number of halogens is 1. The van der Waals surface area contributed by atoms with Crippen LogP contribution in [0.25, 0.3) is 0 Å². The molecule has 1 fully saturated rings. The average Bonchev–Trinajstić information content (AvgIpc) is 2.69. The quantitative estimate of drug-likeness (QED) is 0.782. The van der Waals surface area contributed by atoms with Crippen LogP contribution in [0.5, 0.6) is 0 Å². The zero-order valence-electron chi connectivity index (χ0n) is 10.1. The molecule has 1 rings (SSSR count). The van der Waals surface area contributed by atoms with Gasteiger partial charge in [-0.05, 0) is 19.4 Å². The summed E-state index contributed by atoms with van der Waals surface area (Å²) in [5.41, 5.74) is 0. The molecule has 0 bridgehead atoms. The van der Waals surface area contributed by atoms with Crippen molar-refractivity contribution in [3.05, 3.63) is 0 Å². The van der Waals surface area contributed by atoms with Crippen molar-refractivity contribution in [1.29, 1.82) is 0 Å². The third-order valence-electron chi connectivity index (χ3n) is 2.84. The van der Waals surface area contributed by atoms with E-state index in [-0.39, 0.29) is 18.4 Å². The van der Waals surface area contributed by atoms with Crippen LogP contribution in [0.4, 0.5) is 0 Å². The predicted molar refractivity (Wildman–Crippen MR) is 68.1 cm³/mol. The van der Waals surface area contributed by atoms with Crippen LogP contribution >= 0.6 is 12.4 Å². The summed E-state index contributed by atoms with van der Waals surface area (Å²) in [6, 6.07) is 0.106. The highest BCUT2D eigenvalue weighted by Gasteiger charge is 2.30. The first kappa shape index (κ1) is 16.1. The van der Waals surface area contributed by atoms with Crippen molar-refractivity contribution in [2.75, 3.05) is 33.7 Å². The summed E-state index contributed by atoms with van der Waals surface area (Å²) >= 11 is 0. The molecule has 0 aromatic heterocycles. The van der Waals surface area contributed by atoms with Gasteiger partial charge in [-0.2, -0.15) is 17.0 Å². The Morgan fingerprint density at radius 3 is 2.44 bits per heavy atom. The first-order chi connectivity index (χ1) is 7.00. The van der Waals surface area contributed by atoms with Gasteiger partial charge in [-0.1, -0.05) is 6.92 Å². The van der Waals surface area contributed by atoms with Crippen molar-refractivity contribution >= 4 is 22.6 Å². The molecule has 98 valence electrons. The number of likely N-dealkylation sites (N-methyl/N-ethyl adjacent to an activating group) is 1. The van der Waals surface area contributed by atoms with Crippen LogP contribution in [0.1, 0.15) is 19.8 Å². The Bertz CT molecular complexity index is 291. The molecule has 0 spiro atoms. The van der Waals surface area contributed by atoms with Crippen molar-refractivity contribution in [1.82, 2.24) is 13.9 Å². The minimum Gasteiger partial charge on any atom is -0.315 e. The summed E-state index contributed by atoms with van der Waals surface area (Å²) in [4.78, 5) is 0. The van der Waals surface area contributed by atoms with Gasteiger partial charge in [0.1, 0.15) is 0 Å². The van der Waals surface area contributed by atoms with Crippen molar-refractivity contribution in [2.24, 2.45) is 0 Å². The fourth-order valence-electron chi connectivity index (χ4n) is 1.79. The third kappa shape index (κ3) is 3.56. The molecule has 0 radical (unpaired) electrons. The van der Waals surface area contributed by atoms with Crippen LogP contribution < -0.4 is 5.32 Å². The van der Waals surface area contributed by atoms with Crippen LogP contribution in [-0.4, -0.2) is 56.8 Å². The van der Waals surface area contributed by atoms with Gasteiger partial charge in [-0.15, -0.1) is 12.4 Å². The van der Waals surface area contributed by atoms with E-state index in [4.69, 9.17) is 0 Å². The maximum absolute atomic E-state index is 12.0. The van der Waals surface area contributed by atoms with E-state index in [0.717, 1.165) is 25.9 Å². The fourth-order valence-corrected chi connectivity index (χ4v) is 3.20. The molecule has 0 aliphatic carbocycles. The highest BCUT2D eigenvalue weighted by Crippen LogP contribution is 2.13. The van der Waals surface area contributed by atoms with Crippen LogP contribution in [0.2, 0.25) is 0 Å². The van der Waals surface area contributed by atoms with Gasteiger partial charge in [-0.25, -0.2) is 0 Å². The standard InChI is InChI=1S/C9H21N3O2S.ClH/c1-4-7-11(2)15(13,14)12(3)9-5-6-10-8-9;/h9-10H,4-8H2,1-3H3;1H. The Kier molecular flexibility index (Phi) is 6.81. The molecule has 0 aromatic carbocycles. The molecule has 1 atom stereocenters. The lowest BCUT2D eigenvalue weighted by molar-refractivity contribution is 0.343. The van der Waals surface area contributed by atoms with Gasteiger partial charge in [0.05, 0.1) is 0 Å². The Labute approximate surface area is 105 Å². The molecule has 16 heavy (non-hydrogen) atoms. The maximum Gasteiger partial charge on any atom is 0.281 e. The van der Waals surface area contributed by atoms with E-state index in [1.165, 1.54) is 8.61 Å². The zero-order chi connectivity index (χ0) is 11.5. The molecule has 0 saturated carbocycles. The van der Waals surface area contributed by atoms with E-state index in [2.05, 4.69) is 5.32 Å². The normalized spacial score (nSPS) is 21.4. The van der Waals surface area contributed by atoms with Gasteiger partial charge in [0, 0.05) is 33.2 Å². The summed E-state index contributed by atoms with van der Waals surface area (Å²) in [5.74, 6) is 0. The van der Waals surface area contributed by atoms with Crippen LogP contribution in [0.15, 0.2) is 0 Å². The number of rotatable bonds is 5. The van der Waals surface area contributed by atoms with Crippen molar-refractivity contribution < 1.29 is 8.42 Å². The van der Waals surface area contributed by atoms with Gasteiger partial charge in [0.2, 0.25) is 0 Å². The smallest absolute Gasteiger partial charge is 0.281 e. The minimum atomic E-state index is -3.26. The molecule has 1 aliphatic heterocycles. The number of hydrogen-bond acceptors (Lipinski definition) is 3. The largest absolute Gasteiger partial charge is 0.315 e. The summed E-state index contributed by atoms with van der Waals surface area (Å²) < 4.78 is 27.0. The first-order valence-corrected chi connectivity index (χ1v) is 6.80. The summed E-state index contributed by atoms with van der Waals surface area (Å²) in [5, 5.41) is 3.17. The average molecular weight is 272 g/mol. The maximum atomic E-state index is 12.0. The van der Waals surface area contributed by atoms with Crippen molar-refractivity contribution in [3.8, 4) is 0 Å². The number of nitrogens with zero attached hydrogens (tertiary/aromatic N) is 2. The molecule has 5 nitrogen and oxygen atoms in total. The van der Waals surface area contributed by atoms with Crippen LogP contribution in [0, 0.1) is 0 Å². The Morgan fingerprint density at radius 1 is 1.38 bits per heavy atom. The van der Waals surface area contributed by atoms with Crippen LogP contribution in [0.3, 0.4) is 0 Å². The van der Waals surface area contributed by atoms with E-state index < -0.39 is 10.2 Å². The lowest BCUT2D eigenvalue weighted by Crippen LogP contribution is -2.45. The zero-order valence-corrected chi connectivity index (χ0v) is 11.8. The first-order valence-electron chi connectivity index (χ1n) is 5.40. The second-order valence-electron chi connectivity index (χ2n) is 3.99. The third-order valence-corrected chi connectivity index (χ3v) is 4.84. The highest BCUT2D eigenvalue weighted by molar-refractivity contribution is 7.86. The van der Waals surface area contributed by atoms with Crippen molar-refractivity contribution in [3.63, 3.8) is 0 Å². The Hall–Kier alpha value is 0.120. The molecule has 1 aliphatic rings. The molecule has 1 N–H and O–H groups in total. The van der Waals surface area contributed by atoms with Crippen LogP contribution in [-0.2, 0) is 10.2 Å². The minimum absolute atomic E-state index is 0. The molecule has 0 aromatic rings. The number of nitrogens with one attached hydrogen (secondary N) is 1. The molecular weight excluding hydrogens is 250 g/mol. The molecule has 1 saturated heterocycles. The Morgan fingerprint density at radius 2 is 2.00 bits per heavy atom. The monoisotopic (exact) mass is 271 g/mol. The number of hydrogen-bond donors (Lipinski definition) is 1. The topological polar surface area (TPSA) is 52.7 Å². The Balaban J connectivity index is 0.00000225. The summed E-state index contributed by atoms with van der Waals surface area (Å²) in [7, 11) is 0.0446. The van der Waals surface area contributed by atoms with Crippen molar-refractivity contribution in [2.45, 2.75) is 25.8 Å². The van der Waals surface area contributed by atoms with Gasteiger partial charge >= 0.3 is 0 Å². The summed E-state index contributed by atoms with van der Waals surface area (Å²) in [6.45, 7) is 4.22. The predicted octanol–water partition coefficient (Wildman–Crippen LogP) is 0.288. The van der Waals surface area contributed by atoms with Gasteiger partial charge in [-0.3, -0.25) is 0 Å².